The zero-order valence-electron chi connectivity index (χ0n) is 27.1. The largest absolute Gasteiger partial charge is 0.496 e. The van der Waals surface area contributed by atoms with Gasteiger partial charge in [-0.05, 0) is 83.8 Å². The third-order valence-electron chi connectivity index (χ3n) is 9.51. The first-order chi connectivity index (χ1) is 21.9. The Hall–Kier alpha value is -3.74. The Labute approximate surface area is 271 Å². The first kappa shape index (κ1) is 32.2. The van der Waals surface area contributed by atoms with E-state index in [-0.39, 0.29) is 24.8 Å². The van der Waals surface area contributed by atoms with Gasteiger partial charge in [0, 0.05) is 11.6 Å². The number of hydrogen-bond acceptors (Lipinski definition) is 9. The first-order valence-corrected chi connectivity index (χ1v) is 16.7. The Balaban J connectivity index is 1.52. The van der Waals surface area contributed by atoms with E-state index in [2.05, 4.69) is 10.3 Å². The topological polar surface area (TPSA) is 138 Å². The molecule has 246 valence electrons. The molecule has 0 spiro atoms. The number of carbonyl (C=O) groups is 1. The number of ether oxygens (including phenoxy) is 2. The number of methoxy groups -OCH3 is 1. The Morgan fingerprint density at radius 1 is 1.17 bits per heavy atom. The van der Waals surface area contributed by atoms with E-state index in [0.29, 0.717) is 44.1 Å². The normalized spacial score (nSPS) is 22.0. The molecule has 11 nitrogen and oxygen atoms in total. The number of para-hydroxylation sites is 1. The van der Waals surface area contributed by atoms with Crippen LogP contribution in [0.5, 0.6) is 5.75 Å². The number of fused-ring (bicyclic) bond motifs is 2. The van der Waals surface area contributed by atoms with Crippen LogP contribution in [-0.2, 0) is 21.6 Å². The molecule has 4 aromatic rings. The monoisotopic (exact) mass is 650 g/mol. The molecule has 12 heteroatoms. The van der Waals surface area contributed by atoms with Crippen LogP contribution in [0, 0.1) is 18.8 Å². The molecule has 0 aliphatic heterocycles. The van der Waals surface area contributed by atoms with Crippen molar-refractivity contribution >= 4 is 27.5 Å². The Bertz CT molecular complexity index is 1840. The van der Waals surface area contributed by atoms with Crippen LogP contribution in [0.4, 0.5) is 0 Å². The Kier molecular flexibility index (Phi) is 8.73. The average molecular weight is 651 g/mol. The van der Waals surface area contributed by atoms with Crippen LogP contribution in [-0.4, -0.2) is 50.5 Å². The Morgan fingerprint density at radius 3 is 2.50 bits per heavy atom. The number of amides is 1. The van der Waals surface area contributed by atoms with Gasteiger partial charge in [-0.2, -0.15) is 0 Å². The highest BCUT2D eigenvalue weighted by molar-refractivity contribution is 7.22. The quantitative estimate of drug-likeness (QED) is 0.251. The van der Waals surface area contributed by atoms with E-state index in [1.807, 2.05) is 38.1 Å². The SMILES string of the molecule is COc1ccccc1C(Cn1c(=O)n(C(C)(C)C(=O)NC(C)C)c(=O)c2c(C)c(-c3ncco3)sc21)O[C@H]1C[C@H]2C[C@@H](O)C[C@H]2C1. The fourth-order valence-electron chi connectivity index (χ4n) is 7.27. The number of nitrogens with one attached hydrogen (secondary N) is 1. The van der Waals surface area contributed by atoms with Crippen molar-refractivity contribution < 1.29 is 23.8 Å². The summed E-state index contributed by atoms with van der Waals surface area (Å²) in [6.07, 6.45) is 5.26. The van der Waals surface area contributed by atoms with Crippen molar-refractivity contribution in [2.24, 2.45) is 11.8 Å². The Morgan fingerprint density at radius 2 is 1.87 bits per heavy atom. The number of aromatic nitrogens is 3. The van der Waals surface area contributed by atoms with Gasteiger partial charge in [-0.15, -0.1) is 11.3 Å². The average Bonchev–Trinajstić information content (AvgIpc) is 3.78. The summed E-state index contributed by atoms with van der Waals surface area (Å²) in [5.74, 6) is 1.33. The fourth-order valence-corrected chi connectivity index (χ4v) is 8.51. The van der Waals surface area contributed by atoms with E-state index in [4.69, 9.17) is 13.9 Å². The molecule has 2 aliphatic carbocycles. The van der Waals surface area contributed by atoms with Gasteiger partial charge in [-0.25, -0.2) is 14.3 Å². The maximum Gasteiger partial charge on any atom is 0.333 e. The van der Waals surface area contributed by atoms with Gasteiger partial charge in [-0.3, -0.25) is 14.2 Å². The highest BCUT2D eigenvalue weighted by Gasteiger charge is 2.43. The van der Waals surface area contributed by atoms with Crippen molar-refractivity contribution in [3.63, 3.8) is 0 Å². The molecule has 5 atom stereocenters. The van der Waals surface area contributed by atoms with E-state index in [9.17, 15) is 19.5 Å². The lowest BCUT2D eigenvalue weighted by molar-refractivity contribution is -0.129. The second-order valence-electron chi connectivity index (χ2n) is 13.4. The number of thiophene rings is 1. The lowest BCUT2D eigenvalue weighted by Crippen LogP contribution is -2.56. The summed E-state index contributed by atoms with van der Waals surface area (Å²) in [6.45, 7) is 8.70. The maximum atomic E-state index is 14.6. The van der Waals surface area contributed by atoms with E-state index >= 15 is 0 Å². The number of benzene rings is 1. The van der Waals surface area contributed by atoms with Crippen molar-refractivity contribution in [2.45, 2.75) is 96.7 Å². The second kappa shape index (κ2) is 12.5. The van der Waals surface area contributed by atoms with Crippen LogP contribution in [0.25, 0.3) is 21.0 Å². The second-order valence-corrected chi connectivity index (χ2v) is 14.4. The van der Waals surface area contributed by atoms with Gasteiger partial charge in [-0.1, -0.05) is 18.2 Å². The lowest BCUT2D eigenvalue weighted by atomic mass is 10.0. The van der Waals surface area contributed by atoms with E-state index < -0.39 is 28.8 Å². The summed E-state index contributed by atoms with van der Waals surface area (Å²) < 4.78 is 20.8. The van der Waals surface area contributed by atoms with Crippen LogP contribution >= 0.6 is 11.3 Å². The standard InChI is InChI=1S/C34H42N4O7S/c1-18(2)36-32(41)34(4,5)38-30(40)27-19(3)28(29-35-11-12-44-29)46-31(27)37(33(38)42)17-26(24-9-7-8-10-25(24)43-6)45-23-15-20-13-22(39)14-21(20)16-23/h7-12,18,20-23,26,39H,13-17H2,1-6H3,(H,36,41)/t20-,21+,22-,23+,26?. The van der Waals surface area contributed by atoms with Crippen molar-refractivity contribution in [3.8, 4) is 16.5 Å². The summed E-state index contributed by atoms with van der Waals surface area (Å²) in [5.41, 5.74) is -1.28. The number of aliphatic hydroxyl groups is 1. The number of oxazole rings is 1. The predicted octanol–water partition coefficient (Wildman–Crippen LogP) is 4.76. The van der Waals surface area contributed by atoms with Crippen LogP contribution in [0.1, 0.15) is 70.6 Å². The van der Waals surface area contributed by atoms with Crippen LogP contribution in [0.3, 0.4) is 0 Å². The maximum absolute atomic E-state index is 14.6. The minimum atomic E-state index is -1.50. The minimum Gasteiger partial charge on any atom is -0.496 e. The zero-order chi connectivity index (χ0) is 32.9. The molecule has 1 aromatic carbocycles. The third kappa shape index (κ3) is 5.71. The van der Waals surface area contributed by atoms with Crippen molar-refractivity contribution in [1.82, 2.24) is 19.4 Å². The highest BCUT2D eigenvalue weighted by atomic mass is 32.1. The summed E-state index contributed by atoms with van der Waals surface area (Å²) in [4.78, 5) is 47.7. The van der Waals surface area contributed by atoms with Crippen molar-refractivity contribution in [3.05, 3.63) is 68.7 Å². The van der Waals surface area contributed by atoms with Gasteiger partial charge < -0.3 is 24.3 Å². The number of rotatable bonds is 10. The molecular formula is C34H42N4O7S. The minimum absolute atomic E-state index is 0.0668. The molecule has 3 heterocycles. The molecule has 2 N–H and O–H groups in total. The van der Waals surface area contributed by atoms with Gasteiger partial charge >= 0.3 is 5.69 Å². The van der Waals surface area contributed by atoms with E-state index in [1.54, 1.807) is 32.4 Å². The fraction of sp³-hybridized carbons (Fsp3) is 0.529. The van der Waals surface area contributed by atoms with E-state index in [1.165, 1.54) is 23.8 Å². The summed E-state index contributed by atoms with van der Waals surface area (Å²) >= 11 is 1.26. The molecule has 0 saturated heterocycles. The molecule has 3 aromatic heterocycles. The molecule has 0 bridgehead atoms. The number of aliphatic hydroxyl groups excluding tert-OH is 1. The molecule has 2 aliphatic rings. The number of nitrogens with zero attached hydrogens (tertiary/aromatic N) is 3. The number of carbonyl (C=O) groups excluding carboxylic acids is 1. The third-order valence-corrected chi connectivity index (χ3v) is 10.8. The molecule has 46 heavy (non-hydrogen) atoms. The number of hydrogen-bond donors (Lipinski definition) is 2. The lowest BCUT2D eigenvalue weighted by Gasteiger charge is -2.29. The molecular weight excluding hydrogens is 608 g/mol. The smallest absolute Gasteiger partial charge is 0.333 e. The molecule has 2 saturated carbocycles. The number of aryl methyl sites for hydroxylation is 1. The highest BCUT2D eigenvalue weighted by Crippen LogP contribution is 2.47. The summed E-state index contributed by atoms with van der Waals surface area (Å²) in [7, 11) is 1.60. The molecule has 1 unspecified atom stereocenters. The van der Waals surface area contributed by atoms with Gasteiger partial charge in [0.1, 0.15) is 28.5 Å². The summed E-state index contributed by atoms with van der Waals surface area (Å²) in [6, 6.07) is 7.39. The zero-order valence-corrected chi connectivity index (χ0v) is 27.9. The van der Waals surface area contributed by atoms with Gasteiger partial charge in [0.05, 0.1) is 42.3 Å². The molecule has 6 rings (SSSR count). The summed E-state index contributed by atoms with van der Waals surface area (Å²) in [5, 5.41) is 13.4. The molecule has 2 fully saturated rings. The molecule has 0 radical (unpaired) electrons. The van der Waals surface area contributed by atoms with Gasteiger partial charge in [0.15, 0.2) is 0 Å². The van der Waals surface area contributed by atoms with Crippen LogP contribution < -0.4 is 21.3 Å². The van der Waals surface area contributed by atoms with Crippen molar-refractivity contribution in [2.75, 3.05) is 7.11 Å². The van der Waals surface area contributed by atoms with Gasteiger partial charge in [0.2, 0.25) is 11.8 Å². The van der Waals surface area contributed by atoms with Crippen LogP contribution in [0.2, 0.25) is 0 Å². The van der Waals surface area contributed by atoms with Crippen LogP contribution in [0.15, 0.2) is 50.7 Å². The predicted molar refractivity (Wildman–Crippen MR) is 175 cm³/mol. The van der Waals surface area contributed by atoms with Gasteiger partial charge in [0.25, 0.3) is 5.56 Å². The van der Waals surface area contributed by atoms with E-state index in [0.717, 1.165) is 35.8 Å². The first-order valence-electron chi connectivity index (χ1n) is 15.9. The molecule has 1 amide bonds. The van der Waals surface area contributed by atoms with Crippen molar-refractivity contribution in [1.29, 1.82) is 0 Å².